The highest BCUT2D eigenvalue weighted by atomic mass is 33.1. The Bertz CT molecular complexity index is 4510. The van der Waals surface area contributed by atoms with Crippen molar-refractivity contribution in [1.29, 1.82) is 27.0 Å². The zero-order chi connectivity index (χ0) is 99.5. The summed E-state index contributed by atoms with van der Waals surface area (Å²) in [6, 6.07) is -4.19. The van der Waals surface area contributed by atoms with Crippen LogP contribution >= 0.6 is 21.6 Å². The maximum atomic E-state index is 15.6. The number of phenolic OH excluding ortho intramolecular Hbond substituents is 1. The summed E-state index contributed by atoms with van der Waals surface area (Å²) >= 11 is 0. The van der Waals surface area contributed by atoms with Crippen LogP contribution < -0.4 is 147 Å². The quantitative estimate of drug-likeness (QED) is 0.00822. The molecule has 2 saturated heterocycles. The number of amides is 15. The Labute approximate surface area is 790 Å². The van der Waals surface area contributed by atoms with Crippen molar-refractivity contribution in [3.8, 4) is 5.75 Å². The first-order valence-electron chi connectivity index (χ1n) is 44.9. The van der Waals surface area contributed by atoms with Crippen molar-refractivity contribution in [2.75, 3.05) is 70.4 Å². The van der Waals surface area contributed by atoms with Crippen molar-refractivity contribution in [3.05, 3.63) is 77.9 Å². The smallest absolute Gasteiger partial charge is 0.312 e. The normalized spacial score (nSPS) is 20.7. The molecule has 49 nitrogen and oxygen atoms in total. The fourth-order valence-corrected chi connectivity index (χ4v) is 16.8. The Morgan fingerprint density at radius 3 is 1.46 bits per heavy atom. The molecule has 0 aliphatic carbocycles. The van der Waals surface area contributed by atoms with E-state index in [0.29, 0.717) is 35.6 Å². The number of nitrogens with zero attached hydrogens (tertiary/aromatic N) is 1. The van der Waals surface area contributed by atoms with E-state index in [2.05, 4.69) is 95.7 Å². The molecular formula is C84H137N33O16S2. The molecule has 3 aromatic carbocycles. The standard InChI is InChI=1S/C84H137N33O16S2/c1-47-66(120)107-56(21-10-36-101-81(92)93)68(122)109-55(19-4-6-32-85)70(124)112-60(20-5-7-33-86)78(132)117-40-14-25-65(117)77(131)114-61(42-48-27-30-53(119)31-28-48)73(127)111-58(23-12-38-103-83(96)97)69(123)110-59(24-13-39-104-84(98)133)72(126)115-64(76(130)106-52(44-118)17-8-34-99-79(88)89)46-135-134-45-63(75(129)105-47)116-74(128)62(43-49-26-29-50-15-2-3-16-51(50)41-49)113-71(125)57(22-11-37-102-82(94)95)108-67(121)54(87)18-9-35-100-80(90)91/h2-3,15-16,26-31,41,44,47,52,54-65,119H,4-14,17-25,32-40,42-43,45-46,85-87H2,1H3,(H,105,129)(H,106,130)(H,107,120)(H,108,121)(H,109,122)(H,110,123)(H,111,127)(H,112,124)(H,113,125)(H,114,131)(H,115,126)(H,116,128)(H4,88,89,99)(H4,90,91,100)(H4,92,93,101)(H4,94,95,102)(H4,96,97,103)(H3,98,104,133)/t47-,52-,54-,55-,56-,57-,58-,59-,60-,61-,62-,63-,64-,65-/m0/s1. The minimum atomic E-state index is -1.78. The molecule has 0 saturated carbocycles. The third-order valence-corrected chi connectivity index (χ3v) is 24.2. The second-order valence-electron chi connectivity index (χ2n) is 32.6. The Kier molecular flexibility index (Phi) is 50.5. The van der Waals surface area contributed by atoms with E-state index in [-0.39, 0.29) is 205 Å². The van der Waals surface area contributed by atoms with Crippen LogP contribution in [0.25, 0.3) is 10.8 Å². The molecule has 0 aromatic heterocycles. The van der Waals surface area contributed by atoms with Gasteiger partial charge >= 0.3 is 6.03 Å². The van der Waals surface area contributed by atoms with Crippen molar-refractivity contribution in [2.45, 2.75) is 233 Å². The van der Waals surface area contributed by atoms with Crippen LogP contribution in [0.1, 0.15) is 146 Å². The SMILES string of the molecule is C[C@@H]1NC(=O)[C@@H](NC(=O)[C@H](Cc2ccc3ccccc3c2)NC(=O)[C@H](CCCNC(=N)N)NC(=O)[C@@H](N)CCCNC(=N)N)CSSC[C@@H](C(=O)N[C@H](C=O)CCCNC(=N)N)NC(=O)[C@H](CCCNC(N)=O)NC(=O)[C@H](CCCNC(=N)N)NC(=O)[C@H](Cc2ccc(O)cc2)NC(=O)[C@@H]2CCCN2C(=O)[C@H](CCCCN)NC(=O)[C@H](CCCCN)NC(=O)[C@H](CCCNC(=N)N)NC1=O. The number of carbonyl (C=O) groups is 15. The second kappa shape index (κ2) is 60.8. The maximum absolute atomic E-state index is 15.6. The zero-order valence-corrected chi connectivity index (χ0v) is 77.5. The fourth-order valence-electron chi connectivity index (χ4n) is 14.5. The number of benzene rings is 3. The number of hydrogen-bond donors (Lipinski definition) is 33. The van der Waals surface area contributed by atoms with E-state index in [4.69, 9.17) is 78.6 Å². The van der Waals surface area contributed by atoms with Crippen LogP contribution in [0.5, 0.6) is 5.75 Å². The first-order valence-corrected chi connectivity index (χ1v) is 47.4. The van der Waals surface area contributed by atoms with Crippen molar-refractivity contribution in [3.63, 3.8) is 0 Å². The van der Waals surface area contributed by atoms with Crippen LogP contribution in [0.2, 0.25) is 0 Å². The first-order chi connectivity index (χ1) is 64.4. The molecule has 3 aromatic rings. The monoisotopic (exact) mass is 1930 g/mol. The van der Waals surface area contributed by atoms with Gasteiger partial charge < -0.3 is 162 Å². The first kappa shape index (κ1) is 112. The summed E-state index contributed by atoms with van der Waals surface area (Å²) in [7, 11) is 1.62. The summed E-state index contributed by atoms with van der Waals surface area (Å²) in [4.78, 5) is 222. The lowest BCUT2D eigenvalue weighted by Crippen LogP contribution is -2.61. The molecule has 15 amide bonds. The predicted molar refractivity (Wildman–Crippen MR) is 510 cm³/mol. The van der Waals surface area contributed by atoms with Gasteiger partial charge in [-0.15, -0.1) is 0 Å². The highest BCUT2D eigenvalue weighted by Crippen LogP contribution is 2.26. The summed E-state index contributed by atoms with van der Waals surface area (Å²) in [5.41, 5.74) is 52.3. The summed E-state index contributed by atoms with van der Waals surface area (Å²) in [6.07, 6.45) is 0.692. The molecule has 51 heteroatoms. The molecule has 0 bridgehead atoms. The van der Waals surface area contributed by atoms with E-state index in [9.17, 15) is 29.1 Å². The van der Waals surface area contributed by atoms with Crippen LogP contribution in [0.3, 0.4) is 0 Å². The van der Waals surface area contributed by atoms with Gasteiger partial charge in [-0.3, -0.25) is 89.4 Å². The maximum Gasteiger partial charge on any atom is 0.312 e. The molecule has 0 spiro atoms. The number of rotatable bonds is 45. The van der Waals surface area contributed by atoms with Crippen molar-refractivity contribution in [1.82, 2.24) is 101 Å². The van der Waals surface area contributed by atoms with Crippen LogP contribution in [-0.4, -0.2) is 284 Å². The molecule has 14 atom stereocenters. The van der Waals surface area contributed by atoms with Gasteiger partial charge in [-0.25, -0.2) is 4.79 Å². The van der Waals surface area contributed by atoms with E-state index in [1.165, 1.54) is 36.1 Å². The molecule has 2 aliphatic heterocycles. The number of nitrogens with two attached hydrogens (primary N) is 9. The number of guanidine groups is 5. The number of aromatic hydroxyl groups is 1. The zero-order valence-electron chi connectivity index (χ0n) is 75.9. The van der Waals surface area contributed by atoms with Crippen LogP contribution in [-0.2, 0) is 80.0 Å². The lowest BCUT2D eigenvalue weighted by Gasteiger charge is -2.31. The highest BCUT2D eigenvalue weighted by Gasteiger charge is 2.42. The minimum absolute atomic E-state index is 0.00867. The number of unbranched alkanes of at least 4 members (excludes halogenated alkanes) is 2. The minimum Gasteiger partial charge on any atom is -0.508 e. The van der Waals surface area contributed by atoms with Gasteiger partial charge in [0.2, 0.25) is 76.8 Å². The van der Waals surface area contributed by atoms with Crippen molar-refractivity contribution < 1.29 is 77.0 Å². The molecular weight excluding hydrogens is 1790 g/mol. The van der Waals surface area contributed by atoms with Gasteiger partial charge in [0.25, 0.3) is 0 Å². The molecule has 0 unspecified atom stereocenters. The molecule has 2 aliphatic rings. The molecule has 0 radical (unpaired) electrons. The van der Waals surface area contributed by atoms with Gasteiger partial charge in [-0.05, 0) is 182 Å². The fraction of sp³-hybridized carbons (Fsp3) is 0.571. The van der Waals surface area contributed by atoms with E-state index >= 15 is 47.9 Å². The van der Waals surface area contributed by atoms with Gasteiger partial charge in [0.15, 0.2) is 29.8 Å². The number of phenols is 1. The van der Waals surface area contributed by atoms with Gasteiger partial charge in [-0.2, -0.15) is 0 Å². The molecule has 2 heterocycles. The van der Waals surface area contributed by atoms with E-state index in [1.807, 2.05) is 12.1 Å². The molecule has 2 fully saturated rings. The third kappa shape index (κ3) is 42.6. The lowest BCUT2D eigenvalue weighted by molar-refractivity contribution is -0.142. The lowest BCUT2D eigenvalue weighted by atomic mass is 10.00. The Balaban J connectivity index is 1.76. The van der Waals surface area contributed by atoms with Crippen molar-refractivity contribution in [2.24, 2.45) is 51.6 Å². The summed E-state index contributed by atoms with van der Waals surface area (Å²) < 4.78 is 0. The van der Waals surface area contributed by atoms with E-state index in [0.717, 1.165) is 27.0 Å². The van der Waals surface area contributed by atoms with E-state index < -0.39 is 197 Å². The van der Waals surface area contributed by atoms with Gasteiger partial charge in [-0.1, -0.05) is 76.2 Å². The molecule has 42 N–H and O–H groups in total. The topological polar surface area (TPSA) is 849 Å². The third-order valence-electron chi connectivity index (χ3n) is 21.7. The molecule has 135 heavy (non-hydrogen) atoms. The average molecular weight is 1930 g/mol. The average Bonchev–Trinajstić information content (AvgIpc) is 1.74. The van der Waals surface area contributed by atoms with Gasteiger partial charge in [0, 0.05) is 70.2 Å². The van der Waals surface area contributed by atoms with Crippen molar-refractivity contribution >= 4 is 151 Å². The second-order valence-corrected chi connectivity index (χ2v) is 35.2. The Morgan fingerprint density at radius 2 is 0.926 bits per heavy atom. The number of aldehydes is 1. The number of urea groups is 1. The Hall–Kier alpha value is -13.3. The highest BCUT2D eigenvalue weighted by molar-refractivity contribution is 8.76. The van der Waals surface area contributed by atoms with E-state index in [1.54, 1.807) is 30.3 Å². The summed E-state index contributed by atoms with van der Waals surface area (Å²) in [6.45, 7) is 1.58. The number of hydrogen-bond acceptors (Lipinski definition) is 26. The van der Waals surface area contributed by atoms with Crippen LogP contribution in [0, 0.1) is 27.0 Å². The number of carbonyl (C=O) groups excluding carboxylic acids is 15. The molecule has 746 valence electrons. The largest absolute Gasteiger partial charge is 0.508 e. The Morgan fingerprint density at radius 1 is 0.474 bits per heavy atom. The summed E-state index contributed by atoms with van der Waals surface area (Å²) in [5.74, 6) is -15.5. The molecule has 5 rings (SSSR count). The van der Waals surface area contributed by atoms with Crippen LogP contribution in [0.15, 0.2) is 66.7 Å². The van der Waals surface area contributed by atoms with Crippen LogP contribution in [0.4, 0.5) is 4.79 Å². The number of nitrogens with one attached hydrogen (secondary N) is 23. The summed E-state index contributed by atoms with van der Waals surface area (Å²) in [5, 5.41) is 98.3. The number of fused-ring (bicyclic) bond motifs is 2. The van der Waals surface area contributed by atoms with Gasteiger partial charge in [0.05, 0.1) is 12.1 Å². The number of primary amides is 1. The van der Waals surface area contributed by atoms with Gasteiger partial charge in [0.1, 0.15) is 84.5 Å². The predicted octanol–water partition coefficient (Wildman–Crippen LogP) is -6.90.